The molecule has 0 spiro atoms. The first-order valence-electron chi connectivity index (χ1n) is 13.6. The normalized spacial score (nSPS) is 11.4. The number of aromatic nitrogens is 3. The van der Waals surface area contributed by atoms with Gasteiger partial charge in [0.25, 0.3) is 0 Å². The smallest absolute Gasteiger partial charge is 0.164 e. The summed E-state index contributed by atoms with van der Waals surface area (Å²) in [5.41, 5.74) is 6.97. The van der Waals surface area contributed by atoms with Crippen LogP contribution in [0.3, 0.4) is 0 Å². The maximum atomic E-state index is 6.13. The van der Waals surface area contributed by atoms with Crippen molar-refractivity contribution in [1.82, 2.24) is 15.0 Å². The van der Waals surface area contributed by atoms with E-state index in [9.17, 15) is 0 Å². The lowest BCUT2D eigenvalue weighted by Gasteiger charge is -2.10. The molecule has 0 bridgehead atoms. The monoisotopic (exact) mass is 525 g/mol. The van der Waals surface area contributed by atoms with Gasteiger partial charge in [-0.05, 0) is 40.1 Å². The lowest BCUT2D eigenvalue weighted by molar-refractivity contribution is 0.669. The predicted molar refractivity (Wildman–Crippen MR) is 166 cm³/mol. The number of rotatable bonds is 4. The zero-order valence-electron chi connectivity index (χ0n) is 22.0. The van der Waals surface area contributed by atoms with Crippen LogP contribution in [0.15, 0.2) is 144 Å². The minimum atomic E-state index is 0.647. The van der Waals surface area contributed by atoms with Crippen LogP contribution in [0, 0.1) is 0 Å². The number of nitrogens with zero attached hydrogens (tertiary/aromatic N) is 3. The van der Waals surface area contributed by atoms with Crippen molar-refractivity contribution in [3.8, 4) is 45.3 Å². The molecule has 0 saturated carbocycles. The second-order valence-electron chi connectivity index (χ2n) is 10.1. The van der Waals surface area contributed by atoms with Crippen LogP contribution in [0.2, 0.25) is 0 Å². The van der Waals surface area contributed by atoms with Gasteiger partial charge >= 0.3 is 0 Å². The predicted octanol–water partition coefficient (Wildman–Crippen LogP) is 9.59. The Labute approximate surface area is 236 Å². The van der Waals surface area contributed by atoms with Crippen molar-refractivity contribution in [2.75, 3.05) is 0 Å². The first-order chi connectivity index (χ1) is 20.3. The van der Waals surface area contributed by atoms with E-state index in [2.05, 4.69) is 66.7 Å². The van der Waals surface area contributed by atoms with E-state index < -0.39 is 0 Å². The molecule has 4 nitrogen and oxygen atoms in total. The van der Waals surface area contributed by atoms with E-state index in [0.717, 1.165) is 49.6 Å². The maximum Gasteiger partial charge on any atom is 0.164 e. The molecule has 2 aromatic heterocycles. The highest BCUT2D eigenvalue weighted by atomic mass is 16.3. The molecule has 0 N–H and O–H groups in total. The molecule has 0 aliphatic rings. The van der Waals surface area contributed by atoms with Crippen LogP contribution in [0.5, 0.6) is 0 Å². The van der Waals surface area contributed by atoms with Crippen LogP contribution in [-0.4, -0.2) is 15.0 Å². The second-order valence-corrected chi connectivity index (χ2v) is 10.1. The van der Waals surface area contributed by atoms with E-state index in [0.29, 0.717) is 17.5 Å². The van der Waals surface area contributed by atoms with Gasteiger partial charge in [0.15, 0.2) is 17.5 Å². The molecule has 0 saturated heterocycles. The van der Waals surface area contributed by atoms with Gasteiger partial charge in [0.1, 0.15) is 11.2 Å². The Morgan fingerprint density at radius 3 is 1.59 bits per heavy atom. The highest BCUT2D eigenvalue weighted by Crippen LogP contribution is 2.36. The van der Waals surface area contributed by atoms with Crippen LogP contribution >= 0.6 is 0 Å². The number of furan rings is 1. The molecule has 0 unspecified atom stereocenters. The molecule has 2 heterocycles. The number of fused-ring (bicyclic) bond motifs is 4. The van der Waals surface area contributed by atoms with E-state index in [1.54, 1.807) is 0 Å². The summed E-state index contributed by atoms with van der Waals surface area (Å²) in [5, 5.41) is 4.60. The Morgan fingerprint density at radius 1 is 0.366 bits per heavy atom. The van der Waals surface area contributed by atoms with Gasteiger partial charge in [-0.2, -0.15) is 0 Å². The van der Waals surface area contributed by atoms with Gasteiger partial charge in [-0.15, -0.1) is 0 Å². The Balaban J connectivity index is 1.24. The van der Waals surface area contributed by atoms with Crippen LogP contribution in [-0.2, 0) is 0 Å². The average molecular weight is 526 g/mol. The molecule has 0 aliphatic carbocycles. The fourth-order valence-corrected chi connectivity index (χ4v) is 5.48. The Morgan fingerprint density at radius 2 is 0.927 bits per heavy atom. The van der Waals surface area contributed by atoms with Crippen LogP contribution in [0.25, 0.3) is 78.0 Å². The summed E-state index contributed by atoms with van der Waals surface area (Å²) in [5.74, 6) is 1.96. The molecule has 8 rings (SSSR count). The third kappa shape index (κ3) is 4.14. The Hall–Kier alpha value is -5.61. The van der Waals surface area contributed by atoms with E-state index in [-0.39, 0.29) is 0 Å². The SMILES string of the molecule is c1ccc(-c2nc(-c3ccccc3)nc(-c3ccc(-c4cccc5cc6oc7ccccc7c6cc45)cc3)n2)cc1. The number of benzene rings is 6. The molecule has 0 radical (unpaired) electrons. The van der Waals surface area contributed by atoms with Gasteiger partial charge in [0, 0.05) is 27.5 Å². The molecule has 0 amide bonds. The minimum Gasteiger partial charge on any atom is -0.456 e. The van der Waals surface area contributed by atoms with Gasteiger partial charge in [-0.1, -0.05) is 121 Å². The molecule has 8 aromatic rings. The Kier molecular flexibility index (Phi) is 5.42. The summed E-state index contributed by atoms with van der Waals surface area (Å²) >= 11 is 0. The lowest BCUT2D eigenvalue weighted by atomic mass is 9.96. The largest absolute Gasteiger partial charge is 0.456 e. The molecule has 192 valence electrons. The molecule has 0 fully saturated rings. The van der Waals surface area contributed by atoms with Crippen molar-refractivity contribution in [2.24, 2.45) is 0 Å². The van der Waals surface area contributed by atoms with Crippen LogP contribution in [0.4, 0.5) is 0 Å². The fourth-order valence-electron chi connectivity index (χ4n) is 5.48. The summed E-state index contributed by atoms with van der Waals surface area (Å²) in [6.07, 6.45) is 0. The van der Waals surface area contributed by atoms with Crippen molar-refractivity contribution in [3.63, 3.8) is 0 Å². The number of hydrogen-bond acceptors (Lipinski definition) is 4. The molecule has 4 heteroatoms. The highest BCUT2D eigenvalue weighted by Gasteiger charge is 2.14. The summed E-state index contributed by atoms with van der Waals surface area (Å²) in [4.78, 5) is 14.6. The number of para-hydroxylation sites is 1. The first kappa shape index (κ1) is 23.3. The summed E-state index contributed by atoms with van der Waals surface area (Å²) in [6.45, 7) is 0. The zero-order chi connectivity index (χ0) is 27.2. The third-order valence-electron chi connectivity index (χ3n) is 7.53. The first-order valence-corrected chi connectivity index (χ1v) is 13.6. The van der Waals surface area contributed by atoms with E-state index >= 15 is 0 Å². The van der Waals surface area contributed by atoms with Crippen LogP contribution in [0.1, 0.15) is 0 Å². The fraction of sp³-hybridized carbons (Fsp3) is 0. The zero-order valence-corrected chi connectivity index (χ0v) is 22.0. The minimum absolute atomic E-state index is 0.647. The quantitative estimate of drug-likeness (QED) is 0.230. The summed E-state index contributed by atoms with van der Waals surface area (Å²) in [7, 11) is 0. The maximum absolute atomic E-state index is 6.13. The molecular formula is C37H23N3O. The molecular weight excluding hydrogens is 502 g/mol. The highest BCUT2D eigenvalue weighted by molar-refractivity contribution is 6.12. The van der Waals surface area contributed by atoms with Crippen molar-refractivity contribution < 1.29 is 4.42 Å². The lowest BCUT2D eigenvalue weighted by Crippen LogP contribution is -2.00. The van der Waals surface area contributed by atoms with Crippen molar-refractivity contribution in [3.05, 3.63) is 140 Å². The number of hydrogen-bond donors (Lipinski definition) is 0. The summed E-state index contributed by atoms with van der Waals surface area (Å²) < 4.78 is 6.13. The van der Waals surface area contributed by atoms with Gasteiger partial charge in [-0.3, -0.25) is 0 Å². The average Bonchev–Trinajstić information content (AvgIpc) is 3.41. The molecule has 6 aromatic carbocycles. The topological polar surface area (TPSA) is 51.8 Å². The molecule has 0 aliphatic heterocycles. The van der Waals surface area contributed by atoms with E-state index in [1.807, 2.05) is 72.8 Å². The van der Waals surface area contributed by atoms with Gasteiger partial charge in [0.05, 0.1) is 0 Å². The molecule has 0 atom stereocenters. The van der Waals surface area contributed by atoms with E-state index in [4.69, 9.17) is 19.4 Å². The van der Waals surface area contributed by atoms with Crippen molar-refractivity contribution in [2.45, 2.75) is 0 Å². The van der Waals surface area contributed by atoms with Crippen LogP contribution < -0.4 is 0 Å². The van der Waals surface area contributed by atoms with Crippen molar-refractivity contribution >= 4 is 32.7 Å². The van der Waals surface area contributed by atoms with Crippen molar-refractivity contribution in [1.29, 1.82) is 0 Å². The molecule has 41 heavy (non-hydrogen) atoms. The second kappa shape index (κ2) is 9.54. The summed E-state index contributed by atoms with van der Waals surface area (Å²) in [6, 6.07) is 47.6. The van der Waals surface area contributed by atoms with E-state index in [1.165, 1.54) is 10.9 Å². The van der Waals surface area contributed by atoms with Gasteiger partial charge < -0.3 is 4.42 Å². The van der Waals surface area contributed by atoms with Gasteiger partial charge in [-0.25, -0.2) is 15.0 Å². The Bertz CT molecular complexity index is 2130. The third-order valence-corrected chi connectivity index (χ3v) is 7.53. The standard InChI is InChI=1S/C37H23N3O/c1-3-10-25(11-4-1)35-38-36(26-12-5-2-6-13-26)40-37(39-35)27-20-18-24(19-21-27)29-16-9-14-28-22-34-32(23-31(28)29)30-15-7-8-17-33(30)41-34/h1-23H. The van der Waals surface area contributed by atoms with Gasteiger partial charge in [0.2, 0.25) is 0 Å².